The van der Waals surface area contributed by atoms with Crippen molar-refractivity contribution in [3.63, 3.8) is 0 Å². The van der Waals surface area contributed by atoms with Crippen molar-refractivity contribution in [2.24, 2.45) is 0 Å². The van der Waals surface area contributed by atoms with Crippen LogP contribution in [0.5, 0.6) is 5.75 Å². The number of hydrogen-bond acceptors (Lipinski definition) is 4. The minimum atomic E-state index is -0.473. The third kappa shape index (κ3) is 6.18. The molecular weight excluding hydrogens is 267 g/mol. The van der Waals surface area contributed by atoms with Crippen LogP contribution in [0.15, 0.2) is 12.1 Å². The Kier molecular flexibility index (Phi) is 7.86. The van der Waals surface area contributed by atoms with Gasteiger partial charge in [0.15, 0.2) is 0 Å². The van der Waals surface area contributed by atoms with Gasteiger partial charge in [-0.05, 0) is 32.0 Å². The largest absolute Gasteiger partial charge is 0.412 e. The first-order valence-corrected chi connectivity index (χ1v) is 7.06. The highest BCUT2D eigenvalue weighted by Crippen LogP contribution is 2.24. The number of carbonyl (C=O) groups is 1. The second-order valence-electron chi connectivity index (χ2n) is 4.80. The molecule has 0 aliphatic heterocycles. The van der Waals surface area contributed by atoms with Crippen molar-refractivity contribution in [3.8, 4) is 5.75 Å². The van der Waals surface area contributed by atoms with Crippen LogP contribution >= 0.6 is 0 Å². The Labute approximate surface area is 127 Å². The summed E-state index contributed by atoms with van der Waals surface area (Å²) in [4.78, 5) is 11.7. The van der Waals surface area contributed by atoms with Gasteiger partial charge in [-0.3, -0.25) is 0 Å². The molecule has 1 rings (SSSR count). The van der Waals surface area contributed by atoms with Gasteiger partial charge >= 0.3 is 6.09 Å². The van der Waals surface area contributed by atoms with Crippen LogP contribution in [0.3, 0.4) is 0 Å². The molecule has 1 aromatic rings. The molecule has 0 aromatic heterocycles. The number of hydrogen-bond donors (Lipinski definition) is 2. The number of aryl methyl sites for hydroxylation is 2. The molecule has 0 aliphatic rings. The molecule has 0 atom stereocenters. The average molecular weight is 290 g/mol. The molecule has 0 aliphatic carbocycles. The highest BCUT2D eigenvalue weighted by molar-refractivity contribution is 6.08. The van der Waals surface area contributed by atoms with Crippen molar-refractivity contribution < 1.29 is 14.3 Å². The summed E-state index contributed by atoms with van der Waals surface area (Å²) in [7, 11) is 7.48. The summed E-state index contributed by atoms with van der Waals surface area (Å²) in [5.41, 5.74) is 2.82. The maximum Gasteiger partial charge on any atom is 0.412 e. The molecule has 1 aromatic carbocycles. The fourth-order valence-electron chi connectivity index (χ4n) is 1.95. The van der Waals surface area contributed by atoms with Crippen molar-refractivity contribution in [2.75, 3.05) is 33.4 Å². The molecule has 114 valence electrons. The summed E-state index contributed by atoms with van der Waals surface area (Å²) < 4.78 is 10.7. The normalized spacial score (nSPS) is 10.4. The Bertz CT molecular complexity index is 443. The summed E-state index contributed by atoms with van der Waals surface area (Å²) in [5.74, 6) is 0.584. The number of amides is 1. The molecule has 2 radical (unpaired) electrons. The molecule has 2 N–H and O–H groups in total. The maximum absolute atomic E-state index is 11.7. The van der Waals surface area contributed by atoms with Crippen LogP contribution in [-0.2, 0) is 11.1 Å². The SMILES string of the molecule is [B]Cc1cc(C)c(OC(=O)NCCOCCNC)c(C)c1. The van der Waals surface area contributed by atoms with Gasteiger partial charge in [0.05, 0.1) is 21.1 Å². The topological polar surface area (TPSA) is 59.6 Å². The number of rotatable bonds is 8. The van der Waals surface area contributed by atoms with Gasteiger partial charge in [-0.2, -0.15) is 0 Å². The molecule has 1 amide bonds. The van der Waals surface area contributed by atoms with E-state index in [0.717, 1.165) is 23.2 Å². The predicted molar refractivity (Wildman–Crippen MR) is 84.1 cm³/mol. The zero-order chi connectivity index (χ0) is 15.7. The number of benzene rings is 1. The van der Waals surface area contributed by atoms with Gasteiger partial charge in [0.2, 0.25) is 0 Å². The second-order valence-corrected chi connectivity index (χ2v) is 4.80. The fourth-order valence-corrected chi connectivity index (χ4v) is 1.95. The van der Waals surface area contributed by atoms with Crippen LogP contribution in [0.2, 0.25) is 0 Å². The van der Waals surface area contributed by atoms with E-state index in [1.807, 2.05) is 33.0 Å². The number of ether oxygens (including phenoxy) is 2. The van der Waals surface area contributed by atoms with Gasteiger partial charge < -0.3 is 20.1 Å². The molecule has 5 nitrogen and oxygen atoms in total. The monoisotopic (exact) mass is 290 g/mol. The first kappa shape index (κ1) is 17.5. The van der Waals surface area contributed by atoms with E-state index in [9.17, 15) is 4.79 Å². The zero-order valence-electron chi connectivity index (χ0n) is 13.0. The lowest BCUT2D eigenvalue weighted by atomic mass is 9.94. The number of carbonyl (C=O) groups excluding carboxylic acids is 1. The quantitative estimate of drug-likeness (QED) is 0.559. The molecule has 0 spiro atoms. The predicted octanol–water partition coefficient (Wildman–Crippen LogP) is 1.30. The highest BCUT2D eigenvalue weighted by atomic mass is 16.6. The standard InChI is InChI=1S/C15H23BN2O3/c1-11-8-13(10-16)9-12(2)14(11)21-15(19)18-5-7-20-6-4-17-3/h8-9,17H,4-7,10H2,1-3H3,(H,18,19). The Hall–Kier alpha value is -1.53. The molecule has 6 heteroatoms. The Morgan fingerprint density at radius 3 is 2.38 bits per heavy atom. The molecule has 0 saturated heterocycles. The molecule has 0 unspecified atom stereocenters. The average Bonchev–Trinajstić information content (AvgIpc) is 2.46. The lowest BCUT2D eigenvalue weighted by Gasteiger charge is -2.13. The second kappa shape index (κ2) is 9.42. The highest BCUT2D eigenvalue weighted by Gasteiger charge is 2.10. The van der Waals surface area contributed by atoms with Gasteiger partial charge in [-0.1, -0.05) is 24.0 Å². The van der Waals surface area contributed by atoms with E-state index < -0.39 is 6.09 Å². The summed E-state index contributed by atoms with van der Waals surface area (Å²) >= 11 is 0. The maximum atomic E-state index is 11.7. The molecule has 0 heterocycles. The summed E-state index contributed by atoms with van der Waals surface area (Å²) in [6.07, 6.45) is -0.00288. The lowest BCUT2D eigenvalue weighted by Crippen LogP contribution is -2.31. The van der Waals surface area contributed by atoms with Crippen LogP contribution in [0, 0.1) is 13.8 Å². The minimum Gasteiger partial charge on any atom is -0.410 e. The molecular formula is C15H23BN2O3. The first-order chi connectivity index (χ1) is 10.1. The van der Waals surface area contributed by atoms with E-state index in [4.69, 9.17) is 17.3 Å². The molecule has 21 heavy (non-hydrogen) atoms. The van der Waals surface area contributed by atoms with Gasteiger partial charge in [-0.15, -0.1) is 0 Å². The van der Waals surface area contributed by atoms with Gasteiger partial charge in [0.25, 0.3) is 0 Å². The summed E-state index contributed by atoms with van der Waals surface area (Å²) in [6, 6.07) is 3.85. The number of nitrogens with one attached hydrogen (secondary N) is 2. The van der Waals surface area contributed by atoms with Crippen molar-refractivity contribution in [2.45, 2.75) is 20.2 Å². The van der Waals surface area contributed by atoms with Crippen molar-refractivity contribution in [1.29, 1.82) is 0 Å². The van der Waals surface area contributed by atoms with Crippen molar-refractivity contribution in [1.82, 2.24) is 10.6 Å². The molecule has 0 fully saturated rings. The minimum absolute atomic E-state index is 0.418. The van der Waals surface area contributed by atoms with E-state index in [1.54, 1.807) is 0 Å². The van der Waals surface area contributed by atoms with Gasteiger partial charge in [-0.25, -0.2) is 4.79 Å². The van der Waals surface area contributed by atoms with Crippen LogP contribution in [-0.4, -0.2) is 47.3 Å². The molecule has 0 bridgehead atoms. The smallest absolute Gasteiger partial charge is 0.410 e. The number of likely N-dealkylation sites (N-methyl/N-ethyl adjacent to an activating group) is 1. The van der Waals surface area contributed by atoms with E-state index in [-0.39, 0.29) is 0 Å². The first-order valence-electron chi connectivity index (χ1n) is 7.06. The van der Waals surface area contributed by atoms with Crippen molar-refractivity contribution >= 4 is 13.9 Å². The zero-order valence-corrected chi connectivity index (χ0v) is 13.0. The molecule has 0 saturated carbocycles. The van der Waals surface area contributed by atoms with E-state index in [2.05, 4.69) is 10.6 Å². The third-order valence-electron chi connectivity index (χ3n) is 2.96. The Morgan fingerprint density at radius 1 is 1.19 bits per heavy atom. The summed E-state index contributed by atoms with van der Waals surface area (Å²) in [5, 5.41) is 5.64. The fraction of sp³-hybridized carbons (Fsp3) is 0.533. The third-order valence-corrected chi connectivity index (χ3v) is 2.96. The van der Waals surface area contributed by atoms with Crippen LogP contribution in [0.1, 0.15) is 16.7 Å². The van der Waals surface area contributed by atoms with Crippen LogP contribution in [0.25, 0.3) is 0 Å². The lowest BCUT2D eigenvalue weighted by molar-refractivity contribution is 0.136. The van der Waals surface area contributed by atoms with Crippen LogP contribution in [0.4, 0.5) is 4.79 Å². The van der Waals surface area contributed by atoms with Gasteiger partial charge in [0.1, 0.15) is 5.75 Å². The van der Waals surface area contributed by atoms with Crippen molar-refractivity contribution in [3.05, 3.63) is 28.8 Å². The Balaban J connectivity index is 2.41. The van der Waals surface area contributed by atoms with Crippen LogP contribution < -0.4 is 15.4 Å². The van der Waals surface area contributed by atoms with Gasteiger partial charge in [0, 0.05) is 13.1 Å². The summed E-state index contributed by atoms with van der Waals surface area (Å²) in [6.45, 7) is 6.08. The van der Waals surface area contributed by atoms with E-state index in [1.165, 1.54) is 0 Å². The van der Waals surface area contributed by atoms with E-state index in [0.29, 0.717) is 31.8 Å². The Morgan fingerprint density at radius 2 is 1.81 bits per heavy atom. The van der Waals surface area contributed by atoms with E-state index >= 15 is 0 Å².